The SMILES string of the molecule is COc1ccc(C(=O)NCc2c(C)nn(C)c2C)cc1OC. The summed E-state index contributed by atoms with van der Waals surface area (Å²) in [6.07, 6.45) is 0. The second-order valence-electron chi connectivity index (χ2n) is 5.03. The molecule has 1 heterocycles. The van der Waals surface area contributed by atoms with Gasteiger partial charge in [-0.1, -0.05) is 0 Å². The number of carbonyl (C=O) groups is 1. The highest BCUT2D eigenvalue weighted by atomic mass is 16.5. The molecular formula is C16H21N3O3. The van der Waals surface area contributed by atoms with Crippen molar-refractivity contribution in [3.63, 3.8) is 0 Å². The molecule has 1 N–H and O–H groups in total. The lowest BCUT2D eigenvalue weighted by Crippen LogP contribution is -2.23. The molecule has 0 saturated heterocycles. The van der Waals surface area contributed by atoms with Gasteiger partial charge in [0.2, 0.25) is 0 Å². The predicted molar refractivity (Wildman–Crippen MR) is 83.4 cm³/mol. The minimum atomic E-state index is -0.163. The molecule has 0 radical (unpaired) electrons. The number of aryl methyl sites for hydroxylation is 2. The van der Waals surface area contributed by atoms with Crippen LogP contribution in [0.2, 0.25) is 0 Å². The zero-order chi connectivity index (χ0) is 16.3. The molecule has 2 aromatic rings. The van der Waals surface area contributed by atoms with Gasteiger partial charge in [-0.3, -0.25) is 9.48 Å². The fourth-order valence-electron chi connectivity index (χ4n) is 2.32. The second-order valence-corrected chi connectivity index (χ2v) is 5.03. The highest BCUT2D eigenvalue weighted by molar-refractivity contribution is 5.94. The van der Waals surface area contributed by atoms with Crippen LogP contribution in [0, 0.1) is 13.8 Å². The zero-order valence-electron chi connectivity index (χ0n) is 13.6. The van der Waals surface area contributed by atoms with Gasteiger partial charge in [-0.05, 0) is 32.0 Å². The van der Waals surface area contributed by atoms with Crippen molar-refractivity contribution in [2.75, 3.05) is 14.2 Å². The molecule has 118 valence electrons. The normalized spacial score (nSPS) is 10.4. The van der Waals surface area contributed by atoms with E-state index < -0.39 is 0 Å². The van der Waals surface area contributed by atoms with Gasteiger partial charge >= 0.3 is 0 Å². The van der Waals surface area contributed by atoms with Crippen molar-refractivity contribution in [3.8, 4) is 11.5 Å². The van der Waals surface area contributed by atoms with Gasteiger partial charge in [0.25, 0.3) is 5.91 Å². The lowest BCUT2D eigenvalue weighted by atomic mass is 10.1. The smallest absolute Gasteiger partial charge is 0.251 e. The third kappa shape index (κ3) is 3.05. The zero-order valence-corrected chi connectivity index (χ0v) is 13.6. The van der Waals surface area contributed by atoms with Crippen LogP contribution in [0.25, 0.3) is 0 Å². The molecule has 0 spiro atoms. The highest BCUT2D eigenvalue weighted by Crippen LogP contribution is 2.27. The number of benzene rings is 1. The van der Waals surface area contributed by atoms with E-state index in [0.29, 0.717) is 23.6 Å². The monoisotopic (exact) mass is 303 g/mol. The van der Waals surface area contributed by atoms with Crippen LogP contribution in [0.5, 0.6) is 11.5 Å². The van der Waals surface area contributed by atoms with E-state index >= 15 is 0 Å². The van der Waals surface area contributed by atoms with Crippen LogP contribution in [-0.4, -0.2) is 29.9 Å². The summed E-state index contributed by atoms with van der Waals surface area (Å²) in [7, 11) is 5.00. The van der Waals surface area contributed by atoms with Gasteiger partial charge in [-0.2, -0.15) is 5.10 Å². The Morgan fingerprint density at radius 2 is 1.91 bits per heavy atom. The van der Waals surface area contributed by atoms with Crippen molar-refractivity contribution in [1.82, 2.24) is 15.1 Å². The minimum Gasteiger partial charge on any atom is -0.493 e. The number of amides is 1. The van der Waals surface area contributed by atoms with Crippen LogP contribution < -0.4 is 14.8 Å². The Kier molecular flexibility index (Phi) is 4.70. The largest absolute Gasteiger partial charge is 0.493 e. The molecular weight excluding hydrogens is 282 g/mol. The molecule has 1 amide bonds. The first-order valence-corrected chi connectivity index (χ1v) is 6.97. The third-order valence-corrected chi connectivity index (χ3v) is 3.73. The highest BCUT2D eigenvalue weighted by Gasteiger charge is 2.13. The predicted octanol–water partition coefficient (Wildman–Crippen LogP) is 1.98. The molecule has 0 aliphatic rings. The molecule has 22 heavy (non-hydrogen) atoms. The number of rotatable bonds is 5. The summed E-state index contributed by atoms with van der Waals surface area (Å²) in [5, 5.41) is 7.25. The molecule has 6 heteroatoms. The van der Waals surface area contributed by atoms with E-state index in [9.17, 15) is 4.79 Å². The van der Waals surface area contributed by atoms with Crippen molar-refractivity contribution >= 4 is 5.91 Å². The first-order valence-electron chi connectivity index (χ1n) is 6.97. The maximum absolute atomic E-state index is 12.3. The Morgan fingerprint density at radius 3 is 2.45 bits per heavy atom. The average molecular weight is 303 g/mol. The fourth-order valence-corrected chi connectivity index (χ4v) is 2.32. The molecule has 1 aromatic heterocycles. The first kappa shape index (κ1) is 15.9. The number of nitrogens with zero attached hydrogens (tertiary/aromatic N) is 2. The second kappa shape index (κ2) is 6.51. The van der Waals surface area contributed by atoms with Crippen LogP contribution >= 0.6 is 0 Å². The van der Waals surface area contributed by atoms with Gasteiger partial charge in [-0.25, -0.2) is 0 Å². The van der Waals surface area contributed by atoms with Gasteiger partial charge in [0.05, 0.1) is 19.9 Å². The molecule has 2 rings (SSSR count). The van der Waals surface area contributed by atoms with E-state index in [1.54, 1.807) is 32.4 Å². The summed E-state index contributed by atoms with van der Waals surface area (Å²) >= 11 is 0. The van der Waals surface area contributed by atoms with Crippen molar-refractivity contribution < 1.29 is 14.3 Å². The van der Waals surface area contributed by atoms with Crippen LogP contribution in [-0.2, 0) is 13.6 Å². The topological polar surface area (TPSA) is 65.4 Å². The maximum Gasteiger partial charge on any atom is 0.251 e. The third-order valence-electron chi connectivity index (χ3n) is 3.73. The van der Waals surface area contributed by atoms with Gasteiger partial charge < -0.3 is 14.8 Å². The Bertz CT molecular complexity index is 692. The van der Waals surface area contributed by atoms with E-state index in [0.717, 1.165) is 17.0 Å². The number of aromatic nitrogens is 2. The summed E-state index contributed by atoms with van der Waals surface area (Å²) in [6, 6.07) is 5.09. The Morgan fingerprint density at radius 1 is 1.23 bits per heavy atom. The number of hydrogen-bond donors (Lipinski definition) is 1. The number of ether oxygens (including phenoxy) is 2. The standard InChI is InChI=1S/C16H21N3O3/c1-10-13(11(2)19(3)18-10)9-17-16(20)12-6-7-14(21-4)15(8-12)22-5/h6-8H,9H2,1-5H3,(H,17,20). The molecule has 0 aliphatic carbocycles. The summed E-state index contributed by atoms with van der Waals surface area (Å²) in [6.45, 7) is 4.36. The quantitative estimate of drug-likeness (QED) is 0.917. The van der Waals surface area contributed by atoms with Gasteiger partial charge in [-0.15, -0.1) is 0 Å². The first-order chi connectivity index (χ1) is 10.5. The van der Waals surface area contributed by atoms with Crippen molar-refractivity contribution in [2.45, 2.75) is 20.4 Å². The van der Waals surface area contributed by atoms with Crippen LogP contribution in [0.1, 0.15) is 27.3 Å². The number of methoxy groups -OCH3 is 2. The number of nitrogens with one attached hydrogen (secondary N) is 1. The van der Waals surface area contributed by atoms with E-state index in [1.807, 2.05) is 25.6 Å². The Labute approximate surface area is 130 Å². The fraction of sp³-hybridized carbons (Fsp3) is 0.375. The van der Waals surface area contributed by atoms with E-state index in [1.165, 1.54) is 0 Å². The Balaban J connectivity index is 2.12. The van der Waals surface area contributed by atoms with E-state index in [-0.39, 0.29) is 5.91 Å². The molecule has 0 unspecified atom stereocenters. The molecule has 1 aromatic carbocycles. The average Bonchev–Trinajstić information content (AvgIpc) is 2.77. The molecule has 0 atom stereocenters. The molecule has 6 nitrogen and oxygen atoms in total. The number of carbonyl (C=O) groups excluding carboxylic acids is 1. The minimum absolute atomic E-state index is 0.163. The van der Waals surface area contributed by atoms with Crippen molar-refractivity contribution in [3.05, 3.63) is 40.7 Å². The summed E-state index contributed by atoms with van der Waals surface area (Å²) in [5.41, 5.74) is 3.53. The van der Waals surface area contributed by atoms with Crippen LogP contribution in [0.3, 0.4) is 0 Å². The van der Waals surface area contributed by atoms with E-state index in [2.05, 4.69) is 10.4 Å². The van der Waals surface area contributed by atoms with Crippen molar-refractivity contribution in [2.24, 2.45) is 7.05 Å². The van der Waals surface area contributed by atoms with Gasteiger partial charge in [0.15, 0.2) is 11.5 Å². The van der Waals surface area contributed by atoms with Crippen LogP contribution in [0.4, 0.5) is 0 Å². The Hall–Kier alpha value is -2.50. The summed E-state index contributed by atoms with van der Waals surface area (Å²) in [5.74, 6) is 0.963. The molecule has 0 saturated carbocycles. The number of hydrogen-bond acceptors (Lipinski definition) is 4. The molecule has 0 bridgehead atoms. The van der Waals surface area contributed by atoms with Gasteiger partial charge in [0.1, 0.15) is 0 Å². The van der Waals surface area contributed by atoms with E-state index in [4.69, 9.17) is 9.47 Å². The summed E-state index contributed by atoms with van der Waals surface area (Å²) in [4.78, 5) is 12.3. The van der Waals surface area contributed by atoms with Crippen LogP contribution in [0.15, 0.2) is 18.2 Å². The summed E-state index contributed by atoms with van der Waals surface area (Å²) < 4.78 is 12.2. The lowest BCUT2D eigenvalue weighted by Gasteiger charge is -2.10. The lowest BCUT2D eigenvalue weighted by molar-refractivity contribution is 0.0950. The van der Waals surface area contributed by atoms with Crippen molar-refractivity contribution in [1.29, 1.82) is 0 Å². The molecule has 0 aliphatic heterocycles. The maximum atomic E-state index is 12.3. The van der Waals surface area contributed by atoms with Gasteiger partial charge in [0, 0.05) is 30.4 Å². The molecule has 0 fully saturated rings.